The highest BCUT2D eigenvalue weighted by Crippen LogP contribution is 2.35. The summed E-state index contributed by atoms with van der Waals surface area (Å²) in [4.78, 5) is 19.9. The van der Waals surface area contributed by atoms with Crippen molar-refractivity contribution in [2.24, 2.45) is 11.8 Å². The van der Waals surface area contributed by atoms with Crippen LogP contribution in [0.1, 0.15) is 38.2 Å². The maximum atomic E-state index is 10.9. The summed E-state index contributed by atoms with van der Waals surface area (Å²) in [6.07, 6.45) is 7.21. The van der Waals surface area contributed by atoms with Gasteiger partial charge in [-0.05, 0) is 49.3 Å². The molecule has 0 unspecified atom stereocenters. The number of carbonyl (C=O) groups excluding carboxylic acids is 1. The predicted molar refractivity (Wildman–Crippen MR) is 111 cm³/mol. The Bertz CT molecular complexity index is 1010. The summed E-state index contributed by atoms with van der Waals surface area (Å²) in [6.45, 7) is 5.67. The van der Waals surface area contributed by atoms with Gasteiger partial charge in [0.15, 0.2) is 0 Å². The van der Waals surface area contributed by atoms with E-state index < -0.39 is 0 Å². The second-order valence-corrected chi connectivity index (χ2v) is 8.30. The molecule has 1 fully saturated rings. The summed E-state index contributed by atoms with van der Waals surface area (Å²) in [7, 11) is 0. The SMILES string of the molecule is Cc1cn(CC2CCC(C)CC2)c2c(-c3cccc(Cl)c3)nc(OC=O)nc12. The van der Waals surface area contributed by atoms with Crippen molar-refractivity contribution >= 4 is 29.1 Å². The molecule has 1 aromatic carbocycles. The Balaban J connectivity index is 1.83. The molecule has 1 saturated carbocycles. The van der Waals surface area contributed by atoms with E-state index in [-0.39, 0.29) is 6.01 Å². The van der Waals surface area contributed by atoms with Crippen LogP contribution in [-0.4, -0.2) is 21.0 Å². The Kier molecular flexibility index (Phi) is 5.36. The Hall–Kier alpha value is -2.40. The van der Waals surface area contributed by atoms with Crippen molar-refractivity contribution in [3.05, 3.63) is 41.0 Å². The molecular weight excluding hydrogens is 374 g/mol. The van der Waals surface area contributed by atoms with Gasteiger partial charge in [-0.3, -0.25) is 4.79 Å². The topological polar surface area (TPSA) is 57.0 Å². The van der Waals surface area contributed by atoms with E-state index in [0.29, 0.717) is 17.4 Å². The summed E-state index contributed by atoms with van der Waals surface area (Å²) in [5, 5.41) is 0.637. The first kappa shape index (κ1) is 18.9. The largest absolute Gasteiger partial charge is 0.393 e. The van der Waals surface area contributed by atoms with Crippen LogP contribution in [0.25, 0.3) is 22.3 Å². The predicted octanol–water partition coefficient (Wildman–Crippen LogP) is 5.42. The van der Waals surface area contributed by atoms with Crippen LogP contribution in [0, 0.1) is 18.8 Å². The van der Waals surface area contributed by atoms with E-state index in [9.17, 15) is 4.79 Å². The third-order valence-corrected chi connectivity index (χ3v) is 5.95. The van der Waals surface area contributed by atoms with Crippen molar-refractivity contribution in [3.8, 4) is 17.3 Å². The molecule has 2 heterocycles. The number of aromatic nitrogens is 3. The first-order valence-electron chi connectivity index (χ1n) is 9.79. The molecule has 0 amide bonds. The minimum absolute atomic E-state index is 0.0600. The minimum atomic E-state index is 0.0600. The zero-order valence-corrected chi connectivity index (χ0v) is 16.9. The molecule has 2 aromatic heterocycles. The fourth-order valence-electron chi connectivity index (χ4n) is 4.21. The molecule has 0 bridgehead atoms. The van der Waals surface area contributed by atoms with Crippen molar-refractivity contribution < 1.29 is 9.53 Å². The van der Waals surface area contributed by atoms with Crippen LogP contribution in [0.5, 0.6) is 6.01 Å². The van der Waals surface area contributed by atoms with Gasteiger partial charge in [0.25, 0.3) is 0 Å². The Morgan fingerprint density at radius 2 is 2.04 bits per heavy atom. The fourth-order valence-corrected chi connectivity index (χ4v) is 4.40. The van der Waals surface area contributed by atoms with E-state index in [1.165, 1.54) is 25.7 Å². The van der Waals surface area contributed by atoms with Gasteiger partial charge < -0.3 is 9.30 Å². The van der Waals surface area contributed by atoms with Crippen LogP contribution in [0.4, 0.5) is 0 Å². The lowest BCUT2D eigenvalue weighted by Crippen LogP contribution is -2.17. The van der Waals surface area contributed by atoms with Gasteiger partial charge in [-0.15, -0.1) is 0 Å². The molecule has 28 heavy (non-hydrogen) atoms. The number of benzene rings is 1. The third-order valence-electron chi connectivity index (χ3n) is 5.72. The highest BCUT2D eigenvalue weighted by molar-refractivity contribution is 6.30. The number of ether oxygens (including phenoxy) is 1. The molecule has 5 nitrogen and oxygen atoms in total. The Morgan fingerprint density at radius 3 is 2.75 bits per heavy atom. The van der Waals surface area contributed by atoms with E-state index in [1.54, 1.807) is 0 Å². The van der Waals surface area contributed by atoms with Gasteiger partial charge in [0.2, 0.25) is 0 Å². The van der Waals surface area contributed by atoms with Gasteiger partial charge in [0, 0.05) is 23.3 Å². The lowest BCUT2D eigenvalue weighted by atomic mass is 9.83. The van der Waals surface area contributed by atoms with Crippen LogP contribution in [0.2, 0.25) is 5.02 Å². The summed E-state index contributed by atoms with van der Waals surface area (Å²) < 4.78 is 7.26. The van der Waals surface area contributed by atoms with Gasteiger partial charge in [-0.25, -0.2) is 0 Å². The van der Waals surface area contributed by atoms with Crippen LogP contribution in [0.3, 0.4) is 0 Å². The summed E-state index contributed by atoms with van der Waals surface area (Å²) in [5.41, 5.74) is 4.44. The van der Waals surface area contributed by atoms with Gasteiger partial charge >= 0.3 is 12.5 Å². The standard InChI is InChI=1S/C22H24ClN3O2/c1-14-6-8-16(9-7-14)12-26-11-15(2)19-21(26)20(25-22(24-19)28-13-27)17-4-3-5-18(23)10-17/h3-5,10-11,13-14,16H,6-9,12H2,1-2H3. The van der Waals surface area contributed by atoms with Crippen LogP contribution in [0.15, 0.2) is 30.5 Å². The van der Waals surface area contributed by atoms with Crippen LogP contribution in [-0.2, 0) is 11.3 Å². The number of hydrogen-bond acceptors (Lipinski definition) is 4. The van der Waals surface area contributed by atoms with Crippen molar-refractivity contribution in [1.29, 1.82) is 0 Å². The fraction of sp³-hybridized carbons (Fsp3) is 0.409. The summed E-state index contributed by atoms with van der Waals surface area (Å²) in [6, 6.07) is 7.63. The van der Waals surface area contributed by atoms with Crippen LogP contribution >= 0.6 is 11.6 Å². The molecule has 146 valence electrons. The highest BCUT2D eigenvalue weighted by atomic mass is 35.5. The first-order chi connectivity index (χ1) is 13.5. The lowest BCUT2D eigenvalue weighted by Gasteiger charge is -2.26. The molecule has 6 heteroatoms. The van der Waals surface area contributed by atoms with Gasteiger partial charge in [0.1, 0.15) is 5.69 Å². The molecule has 0 radical (unpaired) electrons. The minimum Gasteiger partial charge on any atom is -0.393 e. The number of nitrogens with zero attached hydrogens (tertiary/aromatic N) is 3. The smallest absolute Gasteiger partial charge is 0.325 e. The van der Waals surface area contributed by atoms with E-state index in [2.05, 4.69) is 27.7 Å². The highest BCUT2D eigenvalue weighted by Gasteiger charge is 2.22. The maximum Gasteiger partial charge on any atom is 0.325 e. The van der Waals surface area contributed by atoms with E-state index in [1.807, 2.05) is 31.2 Å². The number of aryl methyl sites for hydroxylation is 1. The van der Waals surface area contributed by atoms with Gasteiger partial charge in [-0.2, -0.15) is 9.97 Å². The quantitative estimate of drug-likeness (QED) is 0.539. The summed E-state index contributed by atoms with van der Waals surface area (Å²) >= 11 is 6.22. The zero-order valence-electron chi connectivity index (χ0n) is 16.2. The van der Waals surface area contributed by atoms with Gasteiger partial charge in [-0.1, -0.05) is 43.5 Å². The molecule has 4 rings (SSSR count). The maximum absolute atomic E-state index is 10.9. The second kappa shape index (κ2) is 7.92. The molecule has 0 spiro atoms. The Morgan fingerprint density at radius 1 is 1.25 bits per heavy atom. The third kappa shape index (κ3) is 3.76. The number of fused-ring (bicyclic) bond motifs is 1. The number of rotatable bonds is 5. The van der Waals surface area contributed by atoms with Crippen molar-refractivity contribution in [2.45, 2.75) is 46.1 Å². The molecule has 0 N–H and O–H groups in total. The van der Waals surface area contributed by atoms with Crippen molar-refractivity contribution in [3.63, 3.8) is 0 Å². The van der Waals surface area contributed by atoms with Crippen molar-refractivity contribution in [1.82, 2.24) is 14.5 Å². The normalized spacial score (nSPS) is 19.7. The van der Waals surface area contributed by atoms with E-state index in [4.69, 9.17) is 16.3 Å². The Labute approximate surface area is 169 Å². The average Bonchev–Trinajstić information content (AvgIpc) is 2.99. The lowest BCUT2D eigenvalue weighted by molar-refractivity contribution is -0.121. The monoisotopic (exact) mass is 397 g/mol. The number of halogens is 1. The summed E-state index contributed by atoms with van der Waals surface area (Å²) in [5.74, 6) is 1.48. The zero-order chi connectivity index (χ0) is 19.7. The molecule has 3 aromatic rings. The average molecular weight is 398 g/mol. The second-order valence-electron chi connectivity index (χ2n) is 7.87. The van der Waals surface area contributed by atoms with E-state index in [0.717, 1.165) is 40.3 Å². The molecule has 0 aliphatic heterocycles. The van der Waals surface area contributed by atoms with Crippen molar-refractivity contribution in [2.75, 3.05) is 0 Å². The number of hydrogen-bond donors (Lipinski definition) is 0. The molecule has 1 aliphatic carbocycles. The molecule has 1 aliphatic rings. The molecular formula is C22H24ClN3O2. The number of carbonyl (C=O) groups is 1. The van der Waals surface area contributed by atoms with E-state index >= 15 is 0 Å². The first-order valence-corrected chi connectivity index (χ1v) is 10.2. The molecule has 0 atom stereocenters. The van der Waals surface area contributed by atoms with Crippen LogP contribution < -0.4 is 4.74 Å². The molecule has 0 saturated heterocycles. The van der Waals surface area contributed by atoms with Gasteiger partial charge in [0.05, 0.1) is 11.0 Å².